The van der Waals surface area contributed by atoms with E-state index in [9.17, 15) is 14.5 Å². The smallest absolute Gasteiger partial charge is 0.233 e. The van der Waals surface area contributed by atoms with Crippen molar-refractivity contribution in [3.8, 4) is 0 Å². The number of carbonyl (C=O) groups excluding carboxylic acids is 2. The lowest BCUT2D eigenvalue weighted by molar-refractivity contribution is -0.136. The maximum absolute atomic E-state index is 13.2. The second-order valence-corrected chi connectivity index (χ2v) is 9.18. The number of benzene rings is 1. The number of aryl methyl sites for hydroxylation is 1. The second-order valence-electron chi connectivity index (χ2n) is 9.18. The molecular weight excluding hydrogens is 420 g/mol. The fraction of sp³-hybridized carbons (Fsp3) is 0.500. The van der Waals surface area contributed by atoms with E-state index in [0.717, 1.165) is 49.2 Å². The third-order valence-electron chi connectivity index (χ3n) is 7.34. The van der Waals surface area contributed by atoms with Crippen LogP contribution in [0.15, 0.2) is 53.2 Å². The van der Waals surface area contributed by atoms with Gasteiger partial charge in [0.2, 0.25) is 5.91 Å². The average Bonchev–Trinajstić information content (AvgIpc) is 3.38. The second kappa shape index (κ2) is 9.35. The number of carbonyl (C=O) groups is 2. The molecule has 174 valence electrons. The van der Waals surface area contributed by atoms with Gasteiger partial charge in [0.05, 0.1) is 11.1 Å². The largest absolute Gasteiger partial charge is 0.316 e. The summed E-state index contributed by atoms with van der Waals surface area (Å²) in [5.41, 5.74) is 10.2. The van der Waals surface area contributed by atoms with Gasteiger partial charge in [-0.25, -0.2) is 5.01 Å². The number of nitroso groups, excluding NO2 is 1. The van der Waals surface area contributed by atoms with Crippen LogP contribution in [0.5, 0.6) is 0 Å². The molecule has 0 saturated carbocycles. The standard InChI is InChI=1S/C24H30N6O3/c1-3-30(27-25)19-5-7-21(17(2)14-19)22(26-33)16-28-11-8-24(9-12-28)10-13-29(23(24)32)18-4-6-20(31)15-18/h3,5,7,14-15,22,25H,1,4,6,8-13,16H2,2H3. The monoisotopic (exact) mass is 450 g/mol. The number of hydrogen-bond acceptors (Lipinski definition) is 7. The molecule has 2 fully saturated rings. The summed E-state index contributed by atoms with van der Waals surface area (Å²) in [6, 6.07) is 5.02. The van der Waals surface area contributed by atoms with Crippen LogP contribution in [0.3, 0.4) is 0 Å². The van der Waals surface area contributed by atoms with Gasteiger partial charge in [-0.05, 0) is 69.0 Å². The average molecular weight is 451 g/mol. The molecule has 4 rings (SSSR count). The summed E-state index contributed by atoms with van der Waals surface area (Å²) in [6.07, 6.45) is 6.59. The number of allylic oxidation sites excluding steroid dienone is 2. The van der Waals surface area contributed by atoms with Crippen LogP contribution in [-0.4, -0.2) is 47.7 Å². The Balaban J connectivity index is 1.39. The van der Waals surface area contributed by atoms with Gasteiger partial charge in [-0.2, -0.15) is 10.4 Å². The van der Waals surface area contributed by atoms with Crippen molar-refractivity contribution in [3.05, 3.63) is 58.8 Å². The van der Waals surface area contributed by atoms with E-state index in [0.29, 0.717) is 31.6 Å². The SMILES string of the molecule is C=CN(N=N)c1ccc(C(CN2CCC3(CC2)CCN(C2=CC(=O)CC2)C3=O)N=O)c(C)c1. The fourth-order valence-electron chi connectivity index (χ4n) is 5.33. The van der Waals surface area contributed by atoms with E-state index in [1.54, 1.807) is 12.1 Å². The highest BCUT2D eigenvalue weighted by Gasteiger charge is 2.49. The number of nitrogens with one attached hydrogen (secondary N) is 1. The van der Waals surface area contributed by atoms with Crippen LogP contribution in [0.2, 0.25) is 0 Å². The molecule has 9 heteroatoms. The third kappa shape index (κ3) is 4.37. The van der Waals surface area contributed by atoms with Crippen molar-refractivity contribution in [3.63, 3.8) is 0 Å². The molecule has 2 heterocycles. The first-order chi connectivity index (χ1) is 15.9. The van der Waals surface area contributed by atoms with Crippen molar-refractivity contribution in [2.75, 3.05) is 31.2 Å². The number of amides is 1. The van der Waals surface area contributed by atoms with Gasteiger partial charge in [0, 0.05) is 37.5 Å². The molecule has 0 bridgehead atoms. The summed E-state index contributed by atoms with van der Waals surface area (Å²) in [5.74, 6) is 0.266. The normalized spacial score (nSPS) is 21.2. The van der Waals surface area contributed by atoms with Gasteiger partial charge in [0.1, 0.15) is 6.04 Å². The maximum Gasteiger partial charge on any atom is 0.233 e. The van der Waals surface area contributed by atoms with Gasteiger partial charge in [0.25, 0.3) is 0 Å². The van der Waals surface area contributed by atoms with Crippen LogP contribution in [0.4, 0.5) is 5.69 Å². The van der Waals surface area contributed by atoms with Crippen molar-refractivity contribution >= 4 is 17.4 Å². The van der Waals surface area contributed by atoms with Crippen LogP contribution in [-0.2, 0) is 9.59 Å². The molecule has 2 saturated heterocycles. The highest BCUT2D eigenvalue weighted by Crippen LogP contribution is 2.44. The maximum atomic E-state index is 13.2. The molecule has 33 heavy (non-hydrogen) atoms. The summed E-state index contributed by atoms with van der Waals surface area (Å²) < 4.78 is 0. The minimum atomic E-state index is -0.511. The van der Waals surface area contributed by atoms with Gasteiger partial charge < -0.3 is 9.80 Å². The van der Waals surface area contributed by atoms with Gasteiger partial charge >= 0.3 is 0 Å². The Kier molecular flexibility index (Phi) is 6.51. The minimum absolute atomic E-state index is 0.107. The molecule has 1 atom stereocenters. The first-order valence-electron chi connectivity index (χ1n) is 11.4. The van der Waals surface area contributed by atoms with Gasteiger partial charge in [-0.1, -0.05) is 23.0 Å². The summed E-state index contributed by atoms with van der Waals surface area (Å²) in [5, 5.41) is 8.16. The fourth-order valence-corrected chi connectivity index (χ4v) is 5.33. The highest BCUT2D eigenvalue weighted by molar-refractivity contribution is 5.95. The van der Waals surface area contributed by atoms with Crippen LogP contribution in [0, 0.1) is 22.8 Å². The van der Waals surface area contributed by atoms with Gasteiger partial charge in [-0.3, -0.25) is 9.59 Å². The zero-order chi connectivity index (χ0) is 23.6. The topological polar surface area (TPSA) is 110 Å². The Morgan fingerprint density at radius 2 is 1.94 bits per heavy atom. The predicted molar refractivity (Wildman–Crippen MR) is 124 cm³/mol. The van der Waals surface area contributed by atoms with Gasteiger partial charge in [0.15, 0.2) is 5.78 Å². The lowest BCUT2D eigenvalue weighted by atomic mass is 9.77. The molecule has 1 aromatic carbocycles. The van der Waals surface area contributed by atoms with Crippen molar-refractivity contribution in [2.24, 2.45) is 15.8 Å². The van der Waals surface area contributed by atoms with Crippen molar-refractivity contribution in [1.29, 1.82) is 5.53 Å². The predicted octanol–water partition coefficient (Wildman–Crippen LogP) is 4.26. The number of likely N-dealkylation sites (tertiary alicyclic amines) is 2. The number of anilines is 1. The Morgan fingerprint density at radius 3 is 2.52 bits per heavy atom. The Bertz CT molecular complexity index is 1000. The first-order valence-corrected chi connectivity index (χ1v) is 11.4. The lowest BCUT2D eigenvalue weighted by Crippen LogP contribution is -2.45. The van der Waals surface area contributed by atoms with E-state index in [-0.39, 0.29) is 17.1 Å². The molecule has 1 N–H and O–H groups in total. The van der Waals surface area contributed by atoms with E-state index < -0.39 is 6.04 Å². The molecule has 9 nitrogen and oxygen atoms in total. The van der Waals surface area contributed by atoms with Crippen LogP contribution < -0.4 is 5.01 Å². The number of ketones is 1. The van der Waals surface area contributed by atoms with Crippen molar-refractivity contribution in [2.45, 2.75) is 45.1 Å². The quantitative estimate of drug-likeness (QED) is 0.361. The summed E-state index contributed by atoms with van der Waals surface area (Å²) in [6.45, 7) is 8.24. The number of nitrogens with zero attached hydrogens (tertiary/aromatic N) is 5. The Labute approximate surface area is 193 Å². The van der Waals surface area contributed by atoms with E-state index in [4.69, 9.17) is 5.53 Å². The van der Waals surface area contributed by atoms with Crippen molar-refractivity contribution in [1.82, 2.24) is 9.80 Å². The van der Waals surface area contributed by atoms with E-state index in [1.165, 1.54) is 11.2 Å². The molecule has 2 aliphatic heterocycles. The number of hydrogen-bond donors (Lipinski definition) is 1. The Hall–Kier alpha value is -3.20. The summed E-state index contributed by atoms with van der Waals surface area (Å²) >= 11 is 0. The minimum Gasteiger partial charge on any atom is -0.316 e. The number of rotatable bonds is 8. The molecule has 1 spiro atoms. The number of piperidine rings is 1. The molecular formula is C24H30N6O3. The zero-order valence-corrected chi connectivity index (χ0v) is 19.0. The van der Waals surface area contributed by atoms with Crippen LogP contribution in [0.25, 0.3) is 0 Å². The molecule has 0 radical (unpaired) electrons. The molecule has 0 aromatic heterocycles. The van der Waals surface area contributed by atoms with Crippen LogP contribution >= 0.6 is 0 Å². The van der Waals surface area contributed by atoms with Gasteiger partial charge in [-0.15, -0.1) is 0 Å². The van der Waals surface area contributed by atoms with E-state index >= 15 is 0 Å². The lowest BCUT2D eigenvalue weighted by Gasteiger charge is -2.38. The molecule has 1 aliphatic carbocycles. The van der Waals surface area contributed by atoms with Crippen molar-refractivity contribution < 1.29 is 9.59 Å². The molecule has 1 aromatic rings. The van der Waals surface area contributed by atoms with E-state index in [2.05, 4.69) is 21.9 Å². The molecule has 1 amide bonds. The third-order valence-corrected chi connectivity index (χ3v) is 7.34. The molecule has 3 aliphatic rings. The van der Waals surface area contributed by atoms with E-state index in [1.807, 2.05) is 24.0 Å². The zero-order valence-electron chi connectivity index (χ0n) is 19.0. The molecule has 1 unspecified atom stereocenters. The Morgan fingerprint density at radius 1 is 1.21 bits per heavy atom. The first kappa shape index (κ1) is 23.0. The highest BCUT2D eigenvalue weighted by atomic mass is 16.3. The summed E-state index contributed by atoms with van der Waals surface area (Å²) in [4.78, 5) is 40.6. The van der Waals surface area contributed by atoms with Crippen LogP contribution in [0.1, 0.15) is 49.3 Å². The summed E-state index contributed by atoms with van der Waals surface area (Å²) in [7, 11) is 0.